The topological polar surface area (TPSA) is 122 Å². The zero-order valence-electron chi connectivity index (χ0n) is 26.3. The van der Waals surface area contributed by atoms with Crippen LogP contribution in [-0.4, -0.2) is 72.5 Å². The van der Waals surface area contributed by atoms with Crippen LogP contribution in [0.2, 0.25) is 0 Å². The Labute approximate surface area is 267 Å². The second kappa shape index (κ2) is 12.7. The molecule has 2 heterocycles. The highest BCUT2D eigenvalue weighted by atomic mass is 16.6. The van der Waals surface area contributed by atoms with E-state index < -0.39 is 11.5 Å². The SMILES string of the molecule is COc1cc2c(Oc3ccc(NC(=O)C4(C(=O)Nc5ccc(C)cc5)CC4)cc3)ccnc2cc1OC(=O)N1CCN(C)[C@H](C)C1. The Morgan fingerprint density at radius 3 is 2.13 bits per heavy atom. The van der Waals surface area contributed by atoms with E-state index >= 15 is 0 Å². The maximum Gasteiger partial charge on any atom is 0.415 e. The standard InChI is InChI=1S/C35H37N5O6/c1-22-5-7-24(8-6-22)37-32(41)35(14-15-35)33(42)38-25-9-11-26(12-10-25)45-29-13-16-36-28-20-31(30(44-4)19-27(28)29)46-34(43)40-18-17-39(3)23(2)21-40/h5-13,16,19-20,23H,14-15,17-18,21H2,1-4H3,(H,37,41)(H,38,42)/t23-/m1/s1. The number of nitrogens with one attached hydrogen (secondary N) is 2. The van der Waals surface area contributed by atoms with E-state index in [2.05, 4.69) is 27.4 Å². The zero-order chi connectivity index (χ0) is 32.4. The molecule has 2 aliphatic rings. The Hall–Kier alpha value is -5.16. The van der Waals surface area contributed by atoms with Gasteiger partial charge in [0.25, 0.3) is 0 Å². The summed E-state index contributed by atoms with van der Waals surface area (Å²) in [4.78, 5) is 47.4. The van der Waals surface area contributed by atoms with Gasteiger partial charge in [0.2, 0.25) is 11.8 Å². The molecule has 238 valence electrons. The fourth-order valence-electron chi connectivity index (χ4n) is 5.38. The van der Waals surface area contributed by atoms with Gasteiger partial charge >= 0.3 is 6.09 Å². The number of rotatable bonds is 8. The van der Waals surface area contributed by atoms with Crippen LogP contribution in [0, 0.1) is 12.3 Å². The van der Waals surface area contributed by atoms with Gasteiger partial charge in [-0.25, -0.2) is 4.79 Å². The van der Waals surface area contributed by atoms with E-state index in [0.29, 0.717) is 65.5 Å². The molecule has 1 aromatic heterocycles. The predicted octanol–water partition coefficient (Wildman–Crippen LogP) is 5.84. The molecule has 11 nitrogen and oxygen atoms in total. The molecule has 0 unspecified atom stereocenters. The molecule has 2 N–H and O–H groups in total. The summed E-state index contributed by atoms with van der Waals surface area (Å²) in [6, 6.07) is 19.8. The van der Waals surface area contributed by atoms with Crippen molar-refractivity contribution in [3.63, 3.8) is 0 Å². The van der Waals surface area contributed by atoms with Crippen molar-refractivity contribution < 1.29 is 28.6 Å². The third kappa shape index (κ3) is 6.45. The number of hydrogen-bond acceptors (Lipinski definition) is 8. The molecule has 2 fully saturated rings. The van der Waals surface area contributed by atoms with Crippen molar-refractivity contribution in [3.8, 4) is 23.0 Å². The summed E-state index contributed by atoms with van der Waals surface area (Å²) in [5, 5.41) is 6.41. The maximum atomic E-state index is 13.1. The van der Waals surface area contributed by atoms with Gasteiger partial charge in [-0.2, -0.15) is 0 Å². The molecule has 46 heavy (non-hydrogen) atoms. The quantitative estimate of drug-likeness (QED) is 0.235. The smallest absolute Gasteiger partial charge is 0.415 e. The van der Waals surface area contributed by atoms with Gasteiger partial charge in [0, 0.05) is 54.7 Å². The van der Waals surface area contributed by atoms with E-state index in [1.165, 1.54) is 7.11 Å². The van der Waals surface area contributed by atoms with E-state index in [9.17, 15) is 14.4 Å². The van der Waals surface area contributed by atoms with Gasteiger partial charge in [-0.1, -0.05) is 17.7 Å². The molecule has 1 saturated carbocycles. The van der Waals surface area contributed by atoms with Gasteiger partial charge in [-0.15, -0.1) is 0 Å². The monoisotopic (exact) mass is 623 g/mol. The first-order valence-electron chi connectivity index (χ1n) is 15.3. The molecule has 1 aliphatic heterocycles. The number of anilines is 2. The van der Waals surface area contributed by atoms with E-state index in [1.54, 1.807) is 53.6 Å². The van der Waals surface area contributed by atoms with Crippen LogP contribution in [0.15, 0.2) is 72.9 Å². The molecule has 1 saturated heterocycles. The van der Waals surface area contributed by atoms with Crippen LogP contribution in [0.3, 0.4) is 0 Å². The number of aromatic nitrogens is 1. The fourth-order valence-corrected chi connectivity index (χ4v) is 5.38. The van der Waals surface area contributed by atoms with Gasteiger partial charge < -0.3 is 34.6 Å². The number of amides is 3. The molecule has 1 atom stereocenters. The summed E-state index contributed by atoms with van der Waals surface area (Å²) >= 11 is 0. The average molecular weight is 624 g/mol. The summed E-state index contributed by atoms with van der Waals surface area (Å²) < 4.78 is 17.5. The first kappa shape index (κ1) is 30.8. The van der Waals surface area contributed by atoms with E-state index in [4.69, 9.17) is 14.2 Å². The van der Waals surface area contributed by atoms with Gasteiger partial charge in [-0.05, 0) is 82.3 Å². The molecule has 11 heteroatoms. The van der Waals surface area contributed by atoms with E-state index in [0.717, 1.165) is 12.1 Å². The second-order valence-electron chi connectivity index (χ2n) is 12.0. The largest absolute Gasteiger partial charge is 0.493 e. The van der Waals surface area contributed by atoms with Crippen molar-refractivity contribution in [2.24, 2.45) is 5.41 Å². The molecule has 0 spiro atoms. The highest BCUT2D eigenvalue weighted by Gasteiger charge is 2.56. The number of nitrogens with zero attached hydrogens (tertiary/aromatic N) is 3. The van der Waals surface area contributed by atoms with Gasteiger partial charge in [0.05, 0.1) is 12.6 Å². The number of aryl methyl sites for hydroxylation is 1. The van der Waals surface area contributed by atoms with Crippen LogP contribution >= 0.6 is 0 Å². The van der Waals surface area contributed by atoms with Crippen LogP contribution in [0.1, 0.15) is 25.3 Å². The lowest BCUT2D eigenvalue weighted by atomic mass is 10.0. The molecule has 0 radical (unpaired) electrons. The van der Waals surface area contributed by atoms with E-state index in [-0.39, 0.29) is 23.6 Å². The van der Waals surface area contributed by atoms with Crippen molar-refractivity contribution in [3.05, 3.63) is 78.5 Å². The highest BCUT2D eigenvalue weighted by molar-refractivity contribution is 6.16. The molecular weight excluding hydrogens is 586 g/mol. The molecular formula is C35H37N5O6. The summed E-state index contributed by atoms with van der Waals surface area (Å²) in [6.07, 6.45) is 2.17. The van der Waals surface area contributed by atoms with Crippen LogP contribution in [-0.2, 0) is 9.59 Å². The number of methoxy groups -OCH3 is 1. The number of likely N-dealkylation sites (N-methyl/N-ethyl adjacent to an activating group) is 1. The number of piperazine rings is 1. The summed E-state index contributed by atoms with van der Waals surface area (Å²) in [7, 11) is 3.55. The number of carbonyl (C=O) groups is 3. The second-order valence-corrected chi connectivity index (χ2v) is 12.0. The molecule has 3 amide bonds. The third-order valence-electron chi connectivity index (χ3n) is 8.67. The molecule has 1 aliphatic carbocycles. The van der Waals surface area contributed by atoms with Gasteiger partial charge in [0.1, 0.15) is 16.9 Å². The maximum absolute atomic E-state index is 13.1. The minimum Gasteiger partial charge on any atom is -0.493 e. The number of carbonyl (C=O) groups excluding carboxylic acids is 3. The lowest BCUT2D eigenvalue weighted by Crippen LogP contribution is -2.52. The number of hydrogen-bond donors (Lipinski definition) is 2. The van der Waals surface area contributed by atoms with Crippen molar-refractivity contribution in [2.45, 2.75) is 32.7 Å². The van der Waals surface area contributed by atoms with Gasteiger partial charge in [-0.3, -0.25) is 14.6 Å². The molecule has 6 rings (SSSR count). The van der Waals surface area contributed by atoms with Crippen molar-refractivity contribution in [1.29, 1.82) is 0 Å². The Morgan fingerprint density at radius 2 is 1.52 bits per heavy atom. The van der Waals surface area contributed by atoms with E-state index in [1.807, 2.05) is 38.2 Å². The molecule has 0 bridgehead atoms. The van der Waals surface area contributed by atoms with Crippen molar-refractivity contribution in [1.82, 2.24) is 14.8 Å². The van der Waals surface area contributed by atoms with Crippen molar-refractivity contribution >= 4 is 40.2 Å². The Bertz CT molecular complexity index is 1770. The Morgan fingerprint density at radius 1 is 0.870 bits per heavy atom. The first-order valence-corrected chi connectivity index (χ1v) is 15.3. The highest BCUT2D eigenvalue weighted by Crippen LogP contribution is 2.47. The van der Waals surface area contributed by atoms with Crippen LogP contribution in [0.25, 0.3) is 10.9 Å². The predicted molar refractivity (Wildman–Crippen MR) is 175 cm³/mol. The first-order chi connectivity index (χ1) is 22.1. The minimum absolute atomic E-state index is 0.234. The molecule has 3 aromatic carbocycles. The third-order valence-corrected chi connectivity index (χ3v) is 8.67. The van der Waals surface area contributed by atoms with Crippen LogP contribution in [0.4, 0.5) is 16.2 Å². The summed E-state index contributed by atoms with van der Waals surface area (Å²) in [6.45, 7) is 5.98. The zero-order valence-corrected chi connectivity index (χ0v) is 26.3. The number of ether oxygens (including phenoxy) is 3. The Kier molecular flexibility index (Phi) is 8.50. The Balaban J connectivity index is 1.12. The van der Waals surface area contributed by atoms with Crippen LogP contribution < -0.4 is 24.8 Å². The summed E-state index contributed by atoms with van der Waals surface area (Å²) in [5.41, 5.74) is 1.79. The summed E-state index contributed by atoms with van der Waals surface area (Å²) in [5.74, 6) is 1.06. The normalized spacial score (nSPS) is 17.2. The van der Waals surface area contributed by atoms with Gasteiger partial charge in [0.15, 0.2) is 11.5 Å². The van der Waals surface area contributed by atoms with Crippen molar-refractivity contribution in [2.75, 3.05) is 44.4 Å². The lowest BCUT2D eigenvalue weighted by Gasteiger charge is -2.36. The number of pyridine rings is 1. The van der Waals surface area contributed by atoms with Crippen LogP contribution in [0.5, 0.6) is 23.0 Å². The fraction of sp³-hybridized carbons (Fsp3) is 0.314. The lowest BCUT2D eigenvalue weighted by molar-refractivity contribution is -0.131. The number of fused-ring (bicyclic) bond motifs is 1. The number of benzene rings is 3. The molecule has 4 aromatic rings. The average Bonchev–Trinajstić information content (AvgIpc) is 3.87. The minimum atomic E-state index is -1.08.